The fourth-order valence-electron chi connectivity index (χ4n) is 3.52. The maximum Gasteiger partial charge on any atom is 0.410 e. The lowest BCUT2D eigenvalue weighted by molar-refractivity contribution is -0.118. The summed E-state index contributed by atoms with van der Waals surface area (Å²) < 4.78 is 5.55. The van der Waals surface area contributed by atoms with Crippen LogP contribution >= 0.6 is 0 Å². The van der Waals surface area contributed by atoms with Crippen LogP contribution in [0.2, 0.25) is 0 Å². The third kappa shape index (κ3) is 4.28. The van der Waals surface area contributed by atoms with Crippen molar-refractivity contribution in [2.24, 2.45) is 5.73 Å². The van der Waals surface area contributed by atoms with Gasteiger partial charge in [0, 0.05) is 19.1 Å². The third-order valence-electron chi connectivity index (χ3n) is 4.78. The molecule has 1 aliphatic carbocycles. The van der Waals surface area contributed by atoms with E-state index in [9.17, 15) is 9.59 Å². The molecule has 6 nitrogen and oxygen atoms in total. The number of benzene rings is 2. The first-order valence-electron chi connectivity index (χ1n) is 9.11. The summed E-state index contributed by atoms with van der Waals surface area (Å²) in [6.45, 7) is 0.361. The molecule has 6 heteroatoms. The number of hydrogen-bond donors (Lipinski definition) is 2. The van der Waals surface area contributed by atoms with Crippen molar-refractivity contribution in [3.8, 4) is 11.1 Å². The van der Waals surface area contributed by atoms with Gasteiger partial charge in [-0.2, -0.15) is 0 Å². The molecule has 142 valence electrons. The van der Waals surface area contributed by atoms with Gasteiger partial charge in [-0.1, -0.05) is 48.5 Å². The van der Waals surface area contributed by atoms with E-state index in [4.69, 9.17) is 15.6 Å². The maximum absolute atomic E-state index is 12.5. The fraction of sp³-hybridized carbons (Fsp3) is 0.333. The second-order valence-electron chi connectivity index (χ2n) is 6.62. The van der Waals surface area contributed by atoms with Gasteiger partial charge >= 0.3 is 6.09 Å². The molecule has 1 aliphatic rings. The van der Waals surface area contributed by atoms with Gasteiger partial charge in [0.15, 0.2) is 0 Å². The molecular weight excluding hydrogens is 344 g/mol. The normalized spacial score (nSPS) is 12.3. The predicted octanol–water partition coefficient (Wildman–Crippen LogP) is 2.50. The van der Waals surface area contributed by atoms with Crippen molar-refractivity contribution in [2.45, 2.75) is 18.8 Å². The number of nitrogens with two attached hydrogens (primary N) is 1. The van der Waals surface area contributed by atoms with Gasteiger partial charge < -0.3 is 15.6 Å². The van der Waals surface area contributed by atoms with Crippen LogP contribution in [0.1, 0.15) is 29.9 Å². The van der Waals surface area contributed by atoms with Gasteiger partial charge in [-0.05, 0) is 35.1 Å². The zero-order valence-electron chi connectivity index (χ0n) is 15.1. The minimum Gasteiger partial charge on any atom is -0.448 e. The number of hydrogen-bond acceptors (Lipinski definition) is 4. The van der Waals surface area contributed by atoms with Crippen LogP contribution in [-0.4, -0.2) is 48.3 Å². The SMILES string of the molecule is NC(=O)CN(CCCCO)C(=O)OCC1c2ccccc2-c2ccccc21. The van der Waals surface area contributed by atoms with E-state index in [1.807, 2.05) is 24.3 Å². The lowest BCUT2D eigenvalue weighted by atomic mass is 9.98. The molecule has 3 rings (SSSR count). The van der Waals surface area contributed by atoms with Gasteiger partial charge in [0.25, 0.3) is 0 Å². The highest BCUT2D eigenvalue weighted by atomic mass is 16.6. The summed E-state index contributed by atoms with van der Waals surface area (Å²) in [6.07, 6.45) is 0.563. The Labute approximate surface area is 158 Å². The molecule has 0 aromatic heterocycles. The van der Waals surface area contributed by atoms with Crippen molar-refractivity contribution < 1.29 is 19.4 Å². The van der Waals surface area contributed by atoms with Gasteiger partial charge in [0.2, 0.25) is 5.91 Å². The topological polar surface area (TPSA) is 92.9 Å². The molecule has 0 aliphatic heterocycles. The molecule has 27 heavy (non-hydrogen) atoms. The summed E-state index contributed by atoms with van der Waals surface area (Å²) in [5.74, 6) is -0.623. The van der Waals surface area contributed by atoms with E-state index in [1.54, 1.807) is 0 Å². The number of primary amides is 1. The second-order valence-corrected chi connectivity index (χ2v) is 6.62. The Morgan fingerprint density at radius 3 is 2.15 bits per heavy atom. The van der Waals surface area contributed by atoms with Gasteiger partial charge in [0.1, 0.15) is 13.2 Å². The molecule has 0 fully saturated rings. The van der Waals surface area contributed by atoms with Crippen molar-refractivity contribution in [2.75, 3.05) is 26.3 Å². The molecule has 0 saturated carbocycles. The number of nitrogens with zero attached hydrogens (tertiary/aromatic N) is 1. The summed E-state index contributed by atoms with van der Waals surface area (Å²) in [6, 6.07) is 16.2. The average Bonchev–Trinajstić information content (AvgIpc) is 2.99. The quantitative estimate of drug-likeness (QED) is 0.700. The Morgan fingerprint density at radius 1 is 1.00 bits per heavy atom. The number of ether oxygens (including phenoxy) is 1. The molecule has 2 aromatic rings. The van der Waals surface area contributed by atoms with Gasteiger partial charge in [-0.25, -0.2) is 4.79 Å². The van der Waals surface area contributed by atoms with Crippen molar-refractivity contribution in [3.63, 3.8) is 0 Å². The highest BCUT2D eigenvalue weighted by Gasteiger charge is 2.29. The zero-order chi connectivity index (χ0) is 19.2. The van der Waals surface area contributed by atoms with E-state index < -0.39 is 12.0 Å². The molecule has 0 spiro atoms. The van der Waals surface area contributed by atoms with E-state index in [0.717, 1.165) is 22.3 Å². The summed E-state index contributed by atoms with van der Waals surface area (Å²) in [5.41, 5.74) is 9.82. The van der Waals surface area contributed by atoms with Crippen LogP contribution in [0.5, 0.6) is 0 Å². The molecule has 0 radical (unpaired) electrons. The smallest absolute Gasteiger partial charge is 0.410 e. The maximum atomic E-state index is 12.5. The minimum absolute atomic E-state index is 0.0331. The lowest BCUT2D eigenvalue weighted by Crippen LogP contribution is -2.40. The highest BCUT2D eigenvalue weighted by molar-refractivity contribution is 5.81. The summed E-state index contributed by atoms with van der Waals surface area (Å²) >= 11 is 0. The van der Waals surface area contributed by atoms with Gasteiger partial charge in [0.05, 0.1) is 0 Å². The first-order valence-corrected chi connectivity index (χ1v) is 9.11. The number of fused-ring (bicyclic) bond motifs is 3. The summed E-state index contributed by atoms with van der Waals surface area (Å²) in [4.78, 5) is 25.0. The lowest BCUT2D eigenvalue weighted by Gasteiger charge is -2.22. The Bertz CT molecular complexity index is 776. The molecule has 3 N–H and O–H groups in total. The molecule has 0 bridgehead atoms. The molecule has 0 atom stereocenters. The standard InChI is InChI=1S/C21H24N2O4/c22-20(25)13-23(11-5-6-12-24)21(26)27-14-19-17-9-3-1-7-15(17)16-8-2-4-10-18(16)19/h1-4,7-10,19,24H,5-6,11-14H2,(H2,22,25). The number of aliphatic hydroxyl groups is 1. The monoisotopic (exact) mass is 368 g/mol. The minimum atomic E-state index is -0.590. The van der Waals surface area contributed by atoms with Gasteiger partial charge in [-0.15, -0.1) is 0 Å². The predicted molar refractivity (Wildman–Crippen MR) is 102 cm³/mol. The first-order chi connectivity index (χ1) is 13.1. The average molecular weight is 368 g/mol. The zero-order valence-corrected chi connectivity index (χ0v) is 15.1. The molecular formula is C21H24N2O4. The first kappa shape index (κ1) is 18.9. The number of unbranched alkanes of at least 4 members (excludes halogenated alkanes) is 1. The van der Waals surface area contributed by atoms with Crippen LogP contribution in [0.3, 0.4) is 0 Å². The van der Waals surface area contributed by atoms with Crippen molar-refractivity contribution in [1.29, 1.82) is 0 Å². The van der Waals surface area contributed by atoms with Crippen LogP contribution in [0.4, 0.5) is 4.79 Å². The molecule has 0 heterocycles. The van der Waals surface area contributed by atoms with Crippen LogP contribution < -0.4 is 5.73 Å². The van der Waals surface area contributed by atoms with E-state index >= 15 is 0 Å². The molecule has 0 saturated heterocycles. The number of amides is 2. The Kier molecular flexibility index (Phi) is 6.08. The highest BCUT2D eigenvalue weighted by Crippen LogP contribution is 2.44. The van der Waals surface area contributed by atoms with Crippen molar-refractivity contribution in [3.05, 3.63) is 59.7 Å². The summed E-state index contributed by atoms with van der Waals surface area (Å²) in [7, 11) is 0. The van der Waals surface area contributed by atoms with Crippen LogP contribution in [-0.2, 0) is 9.53 Å². The summed E-state index contributed by atoms with van der Waals surface area (Å²) in [5, 5.41) is 8.91. The van der Waals surface area contributed by atoms with Gasteiger partial charge in [-0.3, -0.25) is 9.69 Å². The van der Waals surface area contributed by atoms with Crippen molar-refractivity contribution in [1.82, 2.24) is 4.90 Å². The fourth-order valence-corrected chi connectivity index (χ4v) is 3.52. The van der Waals surface area contributed by atoms with E-state index in [-0.39, 0.29) is 25.7 Å². The van der Waals surface area contributed by atoms with E-state index in [2.05, 4.69) is 24.3 Å². The molecule has 2 amide bonds. The second kappa shape index (κ2) is 8.68. The molecule has 2 aromatic carbocycles. The number of aliphatic hydroxyl groups excluding tert-OH is 1. The molecule has 0 unspecified atom stereocenters. The van der Waals surface area contributed by atoms with Crippen molar-refractivity contribution >= 4 is 12.0 Å². The van der Waals surface area contributed by atoms with E-state index in [0.29, 0.717) is 19.4 Å². The third-order valence-corrected chi connectivity index (χ3v) is 4.78. The Morgan fingerprint density at radius 2 is 1.59 bits per heavy atom. The largest absolute Gasteiger partial charge is 0.448 e. The number of carbonyl (C=O) groups excluding carboxylic acids is 2. The number of carbonyl (C=O) groups is 2. The van der Waals surface area contributed by atoms with Crippen LogP contribution in [0.15, 0.2) is 48.5 Å². The van der Waals surface area contributed by atoms with E-state index in [1.165, 1.54) is 4.90 Å². The Hall–Kier alpha value is -2.86. The van der Waals surface area contributed by atoms with Crippen LogP contribution in [0, 0.1) is 0 Å². The Balaban J connectivity index is 1.71. The number of rotatable bonds is 8. The van der Waals surface area contributed by atoms with Crippen LogP contribution in [0.25, 0.3) is 11.1 Å².